The molecule has 0 atom stereocenters. The van der Waals surface area contributed by atoms with Crippen molar-refractivity contribution >= 4 is 0 Å². The Bertz CT molecular complexity index is 345. The van der Waals surface area contributed by atoms with Crippen molar-refractivity contribution in [3.63, 3.8) is 0 Å². The van der Waals surface area contributed by atoms with E-state index >= 15 is 0 Å². The lowest BCUT2D eigenvalue weighted by Gasteiger charge is -2.06. The highest BCUT2D eigenvalue weighted by Crippen LogP contribution is 2.20. The molecule has 1 N–H and O–H groups in total. The number of aryl methyl sites for hydroxylation is 1. The maximum absolute atomic E-state index is 13.2. The third kappa shape index (κ3) is 2.10. The van der Waals surface area contributed by atoms with Crippen molar-refractivity contribution < 1.29 is 8.78 Å². The van der Waals surface area contributed by atoms with Gasteiger partial charge in [-0.3, -0.25) is 0 Å². The van der Waals surface area contributed by atoms with Gasteiger partial charge in [-0.25, -0.2) is 8.78 Å². The summed E-state index contributed by atoms with van der Waals surface area (Å²) in [5, 5.41) is 3.20. The molecule has 0 unspecified atom stereocenters. The molecule has 1 fully saturated rings. The molecule has 0 bridgehead atoms. The predicted molar refractivity (Wildman–Crippen MR) is 51.0 cm³/mol. The zero-order valence-electron chi connectivity index (χ0n) is 8.11. The van der Waals surface area contributed by atoms with Crippen LogP contribution in [0.5, 0.6) is 0 Å². The molecule has 3 heteroatoms. The molecule has 1 aromatic rings. The zero-order chi connectivity index (χ0) is 10.1. The highest BCUT2D eigenvalue weighted by Gasteiger charge is 2.20. The van der Waals surface area contributed by atoms with Crippen LogP contribution >= 0.6 is 0 Å². The number of rotatable bonds is 3. The average molecular weight is 197 g/mol. The molecular formula is C11H13F2N. The maximum atomic E-state index is 13.2. The molecule has 1 saturated carbocycles. The van der Waals surface area contributed by atoms with Crippen LogP contribution in [0, 0.1) is 18.6 Å². The van der Waals surface area contributed by atoms with Crippen LogP contribution < -0.4 is 5.32 Å². The summed E-state index contributed by atoms with van der Waals surface area (Å²) in [5.41, 5.74) is 1.05. The molecule has 1 aliphatic carbocycles. The van der Waals surface area contributed by atoms with Crippen LogP contribution in [0.3, 0.4) is 0 Å². The first-order valence-corrected chi connectivity index (χ1v) is 4.84. The Kier molecular flexibility index (Phi) is 2.50. The first-order chi connectivity index (χ1) is 6.66. The van der Waals surface area contributed by atoms with Crippen LogP contribution in [0.1, 0.15) is 24.0 Å². The zero-order valence-corrected chi connectivity index (χ0v) is 8.11. The minimum absolute atomic E-state index is 0.457. The molecule has 0 saturated heterocycles. The van der Waals surface area contributed by atoms with E-state index in [1.807, 2.05) is 0 Å². The van der Waals surface area contributed by atoms with Gasteiger partial charge in [-0.05, 0) is 31.4 Å². The SMILES string of the molecule is Cc1cc(CNC2CC2)c(F)cc1F. The first-order valence-electron chi connectivity index (χ1n) is 4.84. The Morgan fingerprint density at radius 1 is 1.29 bits per heavy atom. The minimum atomic E-state index is -0.474. The van der Waals surface area contributed by atoms with Gasteiger partial charge in [-0.1, -0.05) is 0 Å². The monoisotopic (exact) mass is 197 g/mol. The summed E-state index contributed by atoms with van der Waals surface area (Å²) in [6, 6.07) is 3.07. The average Bonchev–Trinajstić information content (AvgIpc) is 2.92. The van der Waals surface area contributed by atoms with Gasteiger partial charge in [-0.15, -0.1) is 0 Å². The molecule has 1 aliphatic rings. The van der Waals surface area contributed by atoms with Crippen molar-refractivity contribution in [1.29, 1.82) is 0 Å². The normalized spacial score (nSPS) is 15.9. The lowest BCUT2D eigenvalue weighted by Crippen LogP contribution is -2.16. The number of hydrogen-bond acceptors (Lipinski definition) is 1. The van der Waals surface area contributed by atoms with Gasteiger partial charge in [0.05, 0.1) is 0 Å². The molecule has 1 aromatic carbocycles. The molecule has 0 aliphatic heterocycles. The summed E-state index contributed by atoms with van der Waals surface area (Å²) in [6.07, 6.45) is 2.34. The van der Waals surface area contributed by atoms with Gasteiger partial charge in [0.2, 0.25) is 0 Å². The third-order valence-corrected chi connectivity index (χ3v) is 2.49. The Hall–Kier alpha value is -0.960. The second kappa shape index (κ2) is 3.65. The maximum Gasteiger partial charge on any atom is 0.130 e. The molecule has 14 heavy (non-hydrogen) atoms. The highest BCUT2D eigenvalue weighted by atomic mass is 19.1. The Labute approximate surface area is 82.1 Å². The van der Waals surface area contributed by atoms with Crippen LogP contribution in [0.2, 0.25) is 0 Å². The van der Waals surface area contributed by atoms with Crippen molar-refractivity contribution in [3.05, 3.63) is 34.9 Å². The van der Waals surface area contributed by atoms with Gasteiger partial charge in [-0.2, -0.15) is 0 Å². The highest BCUT2D eigenvalue weighted by molar-refractivity contribution is 5.25. The van der Waals surface area contributed by atoms with E-state index in [1.165, 1.54) is 12.8 Å². The largest absolute Gasteiger partial charge is 0.310 e. The molecule has 0 radical (unpaired) electrons. The van der Waals surface area contributed by atoms with E-state index in [-0.39, 0.29) is 0 Å². The number of nitrogens with one attached hydrogen (secondary N) is 1. The molecule has 0 aromatic heterocycles. The lowest BCUT2D eigenvalue weighted by molar-refractivity contribution is 0.555. The van der Waals surface area contributed by atoms with Gasteiger partial charge in [0.1, 0.15) is 11.6 Å². The summed E-state index contributed by atoms with van der Waals surface area (Å²) in [5.74, 6) is -0.932. The summed E-state index contributed by atoms with van der Waals surface area (Å²) in [7, 11) is 0. The van der Waals surface area contributed by atoms with Crippen LogP contribution in [-0.2, 0) is 6.54 Å². The van der Waals surface area contributed by atoms with E-state index in [0.29, 0.717) is 23.7 Å². The molecular weight excluding hydrogens is 184 g/mol. The Morgan fingerprint density at radius 3 is 2.64 bits per heavy atom. The van der Waals surface area contributed by atoms with Gasteiger partial charge in [0.15, 0.2) is 0 Å². The summed E-state index contributed by atoms with van der Waals surface area (Å²) in [6.45, 7) is 2.15. The predicted octanol–water partition coefficient (Wildman–Crippen LogP) is 2.53. The van der Waals surface area contributed by atoms with E-state index in [2.05, 4.69) is 5.32 Å². The van der Waals surface area contributed by atoms with Crippen molar-refractivity contribution in [2.45, 2.75) is 32.4 Å². The fraction of sp³-hybridized carbons (Fsp3) is 0.455. The van der Waals surface area contributed by atoms with Crippen molar-refractivity contribution in [2.24, 2.45) is 0 Å². The summed E-state index contributed by atoms with van der Waals surface area (Å²) >= 11 is 0. The van der Waals surface area contributed by atoms with E-state index in [9.17, 15) is 8.78 Å². The van der Waals surface area contributed by atoms with E-state index in [0.717, 1.165) is 6.07 Å². The Balaban J connectivity index is 2.10. The van der Waals surface area contributed by atoms with Crippen LogP contribution in [0.25, 0.3) is 0 Å². The summed E-state index contributed by atoms with van der Waals surface area (Å²) < 4.78 is 26.1. The minimum Gasteiger partial charge on any atom is -0.310 e. The quantitative estimate of drug-likeness (QED) is 0.785. The van der Waals surface area contributed by atoms with Gasteiger partial charge < -0.3 is 5.32 Å². The van der Waals surface area contributed by atoms with E-state index in [1.54, 1.807) is 13.0 Å². The van der Waals surface area contributed by atoms with Gasteiger partial charge in [0, 0.05) is 24.2 Å². The summed E-state index contributed by atoms with van der Waals surface area (Å²) in [4.78, 5) is 0. The molecule has 76 valence electrons. The van der Waals surface area contributed by atoms with Crippen molar-refractivity contribution in [1.82, 2.24) is 5.32 Å². The molecule has 0 spiro atoms. The second-order valence-electron chi connectivity index (χ2n) is 3.85. The standard InChI is InChI=1S/C11H13F2N/c1-7-4-8(6-14-9-2-3-9)11(13)5-10(7)12/h4-5,9,14H,2-3,6H2,1H3. The number of benzene rings is 1. The van der Waals surface area contributed by atoms with Crippen molar-refractivity contribution in [2.75, 3.05) is 0 Å². The Morgan fingerprint density at radius 2 is 2.00 bits per heavy atom. The smallest absolute Gasteiger partial charge is 0.130 e. The fourth-order valence-electron chi connectivity index (χ4n) is 1.39. The van der Waals surface area contributed by atoms with Crippen LogP contribution in [-0.4, -0.2) is 6.04 Å². The number of hydrogen-bond donors (Lipinski definition) is 1. The van der Waals surface area contributed by atoms with Crippen LogP contribution in [0.4, 0.5) is 8.78 Å². The van der Waals surface area contributed by atoms with Gasteiger partial charge in [0.25, 0.3) is 0 Å². The first kappa shape index (κ1) is 9.59. The second-order valence-corrected chi connectivity index (χ2v) is 3.85. The van der Waals surface area contributed by atoms with E-state index < -0.39 is 11.6 Å². The van der Waals surface area contributed by atoms with Crippen molar-refractivity contribution in [3.8, 4) is 0 Å². The topological polar surface area (TPSA) is 12.0 Å². The molecule has 0 heterocycles. The number of halogens is 2. The van der Waals surface area contributed by atoms with E-state index in [4.69, 9.17) is 0 Å². The molecule has 2 rings (SSSR count). The fourth-order valence-corrected chi connectivity index (χ4v) is 1.39. The lowest BCUT2D eigenvalue weighted by atomic mass is 10.1. The molecule has 0 amide bonds. The van der Waals surface area contributed by atoms with Crippen LogP contribution in [0.15, 0.2) is 12.1 Å². The molecule has 1 nitrogen and oxygen atoms in total. The third-order valence-electron chi connectivity index (χ3n) is 2.49. The van der Waals surface area contributed by atoms with Gasteiger partial charge >= 0.3 is 0 Å².